The van der Waals surface area contributed by atoms with Gasteiger partial charge in [0.2, 0.25) is 5.91 Å². The van der Waals surface area contributed by atoms with Gasteiger partial charge < -0.3 is 10.6 Å². The Morgan fingerprint density at radius 3 is 2.58 bits per heavy atom. The molecule has 0 spiro atoms. The maximum Gasteiger partial charge on any atom is 0.252 e. The van der Waals surface area contributed by atoms with Crippen molar-refractivity contribution in [3.8, 4) is 16.5 Å². The van der Waals surface area contributed by atoms with Crippen LogP contribution >= 0.6 is 11.3 Å². The van der Waals surface area contributed by atoms with Gasteiger partial charge in [-0.05, 0) is 55.0 Å². The number of nitrogens with one attached hydrogen (secondary N) is 2. The molecule has 1 atom stereocenters. The molecule has 3 rings (SSSR count). The predicted molar refractivity (Wildman–Crippen MR) is 127 cm³/mol. The number of hydrogen-bond acceptors (Lipinski definition) is 6. The van der Waals surface area contributed by atoms with Crippen molar-refractivity contribution < 1.29 is 18.0 Å². The monoisotopic (exact) mass is 488 g/mol. The third-order valence-electron chi connectivity index (χ3n) is 5.32. The predicted octanol–water partition coefficient (Wildman–Crippen LogP) is 2.98. The number of rotatable bonds is 9. The Balaban J connectivity index is 1.77. The van der Waals surface area contributed by atoms with Gasteiger partial charge >= 0.3 is 0 Å². The number of carbonyl (C=O) groups excluding carboxylic acids is 2. The van der Waals surface area contributed by atoms with Gasteiger partial charge in [0.25, 0.3) is 15.9 Å². The molecule has 2 N–H and O–H groups in total. The van der Waals surface area contributed by atoms with Gasteiger partial charge in [0.05, 0.1) is 6.07 Å². The molecule has 2 amide bonds. The summed E-state index contributed by atoms with van der Waals surface area (Å²) < 4.78 is 27.4. The van der Waals surface area contributed by atoms with Gasteiger partial charge in [0.1, 0.15) is 16.8 Å². The van der Waals surface area contributed by atoms with Crippen LogP contribution in [-0.2, 0) is 14.8 Å². The van der Waals surface area contributed by atoms with E-state index in [-0.39, 0.29) is 12.5 Å². The van der Waals surface area contributed by atoms with Crippen LogP contribution in [0.5, 0.6) is 0 Å². The molecule has 1 aromatic heterocycles. The lowest BCUT2D eigenvalue weighted by Gasteiger charge is -2.19. The number of amides is 2. The van der Waals surface area contributed by atoms with E-state index < -0.39 is 27.9 Å². The normalized spacial score (nSPS) is 15.2. The van der Waals surface area contributed by atoms with Crippen molar-refractivity contribution in [1.29, 1.82) is 5.26 Å². The highest BCUT2D eigenvalue weighted by Crippen LogP contribution is 2.33. The summed E-state index contributed by atoms with van der Waals surface area (Å²) in [5, 5.41) is 14.0. The largest absolute Gasteiger partial charge is 0.341 e. The lowest BCUT2D eigenvalue weighted by molar-refractivity contribution is -0.123. The molecule has 2 aromatic rings. The van der Waals surface area contributed by atoms with Crippen LogP contribution in [0.15, 0.2) is 40.6 Å². The molecule has 0 saturated carbocycles. The number of sulfonamides is 1. The third kappa shape index (κ3) is 6.19. The molecule has 176 valence electrons. The highest BCUT2D eigenvalue weighted by Gasteiger charge is 2.29. The summed E-state index contributed by atoms with van der Waals surface area (Å²) in [5.41, 5.74) is 1.09. The van der Waals surface area contributed by atoms with Crippen LogP contribution in [0.4, 0.5) is 0 Å². The second kappa shape index (κ2) is 10.9. The molecule has 1 saturated heterocycles. The van der Waals surface area contributed by atoms with E-state index in [1.807, 2.05) is 26.0 Å². The van der Waals surface area contributed by atoms with Crippen LogP contribution in [0.2, 0.25) is 0 Å². The van der Waals surface area contributed by atoms with Crippen molar-refractivity contribution in [2.45, 2.75) is 43.4 Å². The summed E-state index contributed by atoms with van der Waals surface area (Å²) in [6.07, 6.45) is 2.19. The van der Waals surface area contributed by atoms with Crippen molar-refractivity contribution in [2.24, 2.45) is 5.92 Å². The minimum Gasteiger partial charge on any atom is -0.341 e. The van der Waals surface area contributed by atoms with Gasteiger partial charge in [-0.25, -0.2) is 8.42 Å². The molecule has 10 heteroatoms. The summed E-state index contributed by atoms with van der Waals surface area (Å²) in [6.45, 7) is 4.86. The Hall–Kier alpha value is -2.74. The molecule has 33 heavy (non-hydrogen) atoms. The average molecular weight is 489 g/mol. The zero-order valence-corrected chi connectivity index (χ0v) is 20.3. The molecule has 0 radical (unpaired) electrons. The molecule has 1 aliphatic heterocycles. The second-order valence-electron chi connectivity index (χ2n) is 8.34. The smallest absolute Gasteiger partial charge is 0.252 e. The number of hydrogen-bond donors (Lipinski definition) is 2. The molecule has 0 bridgehead atoms. The van der Waals surface area contributed by atoms with E-state index in [1.165, 1.54) is 15.6 Å². The lowest BCUT2D eigenvalue weighted by atomic mass is 10.0. The Labute approximate surface area is 198 Å². The second-order valence-corrected chi connectivity index (χ2v) is 11.6. The van der Waals surface area contributed by atoms with Crippen molar-refractivity contribution in [3.63, 3.8) is 0 Å². The van der Waals surface area contributed by atoms with Crippen LogP contribution in [0, 0.1) is 17.2 Å². The van der Waals surface area contributed by atoms with E-state index in [9.17, 15) is 18.0 Å². The fraction of sp³-hybridized carbons (Fsp3) is 0.435. The molecule has 1 aliphatic rings. The van der Waals surface area contributed by atoms with Gasteiger partial charge in [-0.2, -0.15) is 9.57 Å². The van der Waals surface area contributed by atoms with Crippen LogP contribution in [0.25, 0.3) is 10.4 Å². The first kappa shape index (κ1) is 24.9. The maximum absolute atomic E-state index is 12.9. The summed E-state index contributed by atoms with van der Waals surface area (Å²) >= 11 is 1.18. The van der Waals surface area contributed by atoms with E-state index in [0.717, 1.165) is 23.3 Å². The van der Waals surface area contributed by atoms with Gasteiger partial charge in [0, 0.05) is 23.5 Å². The first-order valence-electron chi connectivity index (χ1n) is 10.9. The molecule has 0 aliphatic carbocycles. The number of nitrogens with zero attached hydrogens (tertiary/aromatic N) is 2. The molecular weight excluding hydrogens is 460 g/mol. The van der Waals surface area contributed by atoms with E-state index in [0.29, 0.717) is 29.3 Å². The summed E-state index contributed by atoms with van der Waals surface area (Å²) in [4.78, 5) is 26.0. The number of nitriles is 1. The van der Waals surface area contributed by atoms with E-state index in [4.69, 9.17) is 5.26 Å². The zero-order chi connectivity index (χ0) is 24.0. The molecule has 0 unspecified atom stereocenters. The minimum absolute atomic E-state index is 0.125. The maximum atomic E-state index is 12.9. The van der Waals surface area contributed by atoms with E-state index >= 15 is 0 Å². The van der Waals surface area contributed by atoms with Crippen molar-refractivity contribution in [2.75, 3.05) is 19.6 Å². The summed E-state index contributed by atoms with van der Waals surface area (Å²) in [5.74, 6) is -0.641. The van der Waals surface area contributed by atoms with Gasteiger partial charge in [-0.1, -0.05) is 26.0 Å². The highest BCUT2D eigenvalue weighted by atomic mass is 32.2. The van der Waals surface area contributed by atoms with Gasteiger partial charge in [0.15, 0.2) is 0 Å². The molecular formula is C23H28N4O4S2. The number of benzene rings is 1. The van der Waals surface area contributed by atoms with E-state index in [1.54, 1.807) is 30.3 Å². The van der Waals surface area contributed by atoms with Gasteiger partial charge in [-0.15, -0.1) is 11.3 Å². The van der Waals surface area contributed by atoms with Crippen molar-refractivity contribution in [3.05, 3.63) is 42.0 Å². The SMILES string of the molecule is CC(C)C[C@H](NC(=O)c1cccc(-c2ccc(S(=O)(=O)N3CCCC3)s2)c1)C(=O)NCC#N. The molecule has 1 aromatic carbocycles. The fourth-order valence-corrected chi connectivity index (χ4v) is 6.65. The van der Waals surface area contributed by atoms with Crippen LogP contribution in [0.1, 0.15) is 43.5 Å². The topological polar surface area (TPSA) is 119 Å². The van der Waals surface area contributed by atoms with Crippen LogP contribution in [-0.4, -0.2) is 50.2 Å². The zero-order valence-electron chi connectivity index (χ0n) is 18.7. The van der Waals surface area contributed by atoms with Gasteiger partial charge in [-0.3, -0.25) is 9.59 Å². The first-order valence-corrected chi connectivity index (χ1v) is 13.1. The Morgan fingerprint density at radius 1 is 1.18 bits per heavy atom. The first-order chi connectivity index (χ1) is 15.7. The molecule has 2 heterocycles. The number of thiophene rings is 1. The molecule has 8 nitrogen and oxygen atoms in total. The van der Waals surface area contributed by atoms with Crippen LogP contribution in [0.3, 0.4) is 0 Å². The Morgan fingerprint density at radius 2 is 1.91 bits per heavy atom. The average Bonchev–Trinajstić information content (AvgIpc) is 3.50. The summed E-state index contributed by atoms with van der Waals surface area (Å²) in [7, 11) is -3.49. The van der Waals surface area contributed by atoms with Crippen molar-refractivity contribution >= 4 is 33.2 Å². The lowest BCUT2D eigenvalue weighted by Crippen LogP contribution is -2.47. The minimum atomic E-state index is -3.49. The fourth-order valence-electron chi connectivity index (χ4n) is 3.68. The molecule has 1 fully saturated rings. The van der Waals surface area contributed by atoms with Crippen LogP contribution < -0.4 is 10.6 Å². The quantitative estimate of drug-likeness (QED) is 0.526. The van der Waals surface area contributed by atoms with Crippen molar-refractivity contribution in [1.82, 2.24) is 14.9 Å². The standard InChI is InChI=1S/C23H28N4O4S2/c1-16(2)14-19(23(29)25-11-10-24)26-22(28)18-7-5-6-17(15-18)20-8-9-21(32-20)33(30,31)27-12-3-4-13-27/h5-9,15-16,19H,3-4,11-14H2,1-2H3,(H,25,29)(H,26,28)/t19-/m0/s1. The third-order valence-corrected chi connectivity index (χ3v) is 8.82. The highest BCUT2D eigenvalue weighted by molar-refractivity contribution is 7.91. The number of carbonyl (C=O) groups is 2. The summed E-state index contributed by atoms with van der Waals surface area (Å²) in [6, 6.07) is 11.3. The Kier molecular flexibility index (Phi) is 8.24. The Bertz CT molecular complexity index is 1150. The van der Waals surface area contributed by atoms with E-state index in [2.05, 4.69) is 10.6 Å².